The fourth-order valence-electron chi connectivity index (χ4n) is 4.13. The number of amides is 2. The molecule has 0 unspecified atom stereocenters. The zero-order chi connectivity index (χ0) is 25.3. The summed E-state index contributed by atoms with van der Waals surface area (Å²) < 4.78 is 36.7. The van der Waals surface area contributed by atoms with Crippen LogP contribution in [0.5, 0.6) is 0 Å². The average molecular weight is 550 g/mol. The van der Waals surface area contributed by atoms with E-state index in [1.807, 2.05) is 5.01 Å². The van der Waals surface area contributed by atoms with Crippen molar-refractivity contribution in [2.75, 3.05) is 43.0 Å². The molecule has 36 heavy (non-hydrogen) atoms. The van der Waals surface area contributed by atoms with Crippen LogP contribution in [0.25, 0.3) is 0 Å². The lowest BCUT2D eigenvalue weighted by atomic mass is 10.1. The highest BCUT2D eigenvalue weighted by atomic mass is 32.2. The van der Waals surface area contributed by atoms with Gasteiger partial charge in [-0.2, -0.15) is 5.10 Å². The molecule has 2 aromatic rings. The molecule has 0 radical (unpaired) electrons. The van der Waals surface area contributed by atoms with Crippen LogP contribution >= 0.6 is 11.3 Å². The molecule has 3 fully saturated rings. The second kappa shape index (κ2) is 10.4. The minimum atomic E-state index is -3.33. The normalized spacial score (nSPS) is 19.5. The standard InChI is InChI=1S/C23H27N5O5S3/c29-21(25-23-24-15-19(34-23)22(30)27-11-13-35(31)14-12-27)20(26-28-9-1-2-10-28)16-3-5-17(6-4-16)36(32,33)18-7-8-18/h3-6,15,18H,1-2,7-14H2,(H,24,25,29). The van der Waals surface area contributed by atoms with Crippen LogP contribution in [0.15, 0.2) is 40.5 Å². The van der Waals surface area contributed by atoms with Crippen LogP contribution in [0.4, 0.5) is 5.13 Å². The number of nitrogens with zero attached hydrogens (tertiary/aromatic N) is 4. The van der Waals surface area contributed by atoms with Crippen molar-refractivity contribution in [2.24, 2.45) is 5.10 Å². The van der Waals surface area contributed by atoms with Crippen LogP contribution in [0, 0.1) is 0 Å². The Balaban J connectivity index is 1.33. The number of benzene rings is 1. The number of carbonyl (C=O) groups excluding carboxylic acids is 2. The summed E-state index contributed by atoms with van der Waals surface area (Å²) in [6.45, 7) is 2.34. The van der Waals surface area contributed by atoms with Crippen molar-refractivity contribution < 1.29 is 22.2 Å². The van der Waals surface area contributed by atoms with Crippen LogP contribution in [-0.2, 0) is 25.4 Å². The summed E-state index contributed by atoms with van der Waals surface area (Å²) in [5, 5.41) is 9.11. The summed E-state index contributed by atoms with van der Waals surface area (Å²) in [5.74, 6) is 0.251. The van der Waals surface area contributed by atoms with Crippen molar-refractivity contribution in [2.45, 2.75) is 35.8 Å². The smallest absolute Gasteiger partial charge is 0.278 e. The number of nitrogens with one attached hydrogen (secondary N) is 1. The first kappa shape index (κ1) is 25.0. The molecule has 0 bridgehead atoms. The third-order valence-electron chi connectivity index (χ3n) is 6.36. The van der Waals surface area contributed by atoms with Gasteiger partial charge in [0.1, 0.15) is 4.88 Å². The van der Waals surface area contributed by atoms with Crippen molar-refractivity contribution in [3.05, 3.63) is 40.9 Å². The molecule has 5 rings (SSSR count). The predicted molar refractivity (Wildman–Crippen MR) is 139 cm³/mol. The molecule has 2 aliphatic heterocycles. The van der Waals surface area contributed by atoms with E-state index in [2.05, 4.69) is 15.4 Å². The summed E-state index contributed by atoms with van der Waals surface area (Å²) in [5.41, 5.74) is 0.664. The fourth-order valence-corrected chi connectivity index (χ4v) is 7.62. The maximum Gasteiger partial charge on any atom is 0.278 e. The maximum atomic E-state index is 13.3. The molecule has 1 saturated carbocycles. The van der Waals surface area contributed by atoms with Gasteiger partial charge in [0.2, 0.25) is 0 Å². The van der Waals surface area contributed by atoms with Crippen molar-refractivity contribution in [1.82, 2.24) is 14.9 Å². The molecule has 1 N–H and O–H groups in total. The fraction of sp³-hybridized carbons (Fsp3) is 0.478. The lowest BCUT2D eigenvalue weighted by molar-refractivity contribution is -0.110. The molecule has 0 spiro atoms. The summed E-state index contributed by atoms with van der Waals surface area (Å²) in [4.78, 5) is 32.5. The Hall–Kier alpha value is -2.64. The van der Waals surface area contributed by atoms with Crippen LogP contribution in [-0.4, -0.2) is 88.0 Å². The van der Waals surface area contributed by atoms with E-state index in [4.69, 9.17) is 0 Å². The molecular weight excluding hydrogens is 522 g/mol. The monoisotopic (exact) mass is 549 g/mol. The summed E-state index contributed by atoms with van der Waals surface area (Å²) >= 11 is 1.08. The average Bonchev–Trinajstić information content (AvgIpc) is 3.44. The van der Waals surface area contributed by atoms with Crippen molar-refractivity contribution in [1.29, 1.82) is 0 Å². The van der Waals surface area contributed by atoms with Gasteiger partial charge in [0.05, 0.1) is 16.3 Å². The van der Waals surface area contributed by atoms with Crippen LogP contribution in [0.3, 0.4) is 0 Å². The highest BCUT2D eigenvalue weighted by Gasteiger charge is 2.37. The Labute approximate surface area is 216 Å². The van der Waals surface area contributed by atoms with E-state index in [1.165, 1.54) is 18.3 Å². The zero-order valence-corrected chi connectivity index (χ0v) is 22.0. The largest absolute Gasteiger partial charge is 0.336 e. The van der Waals surface area contributed by atoms with Crippen molar-refractivity contribution in [3.63, 3.8) is 0 Å². The number of rotatable bonds is 7. The van der Waals surface area contributed by atoms with Gasteiger partial charge in [0.15, 0.2) is 20.7 Å². The minimum absolute atomic E-state index is 0.161. The van der Waals surface area contributed by atoms with E-state index in [1.54, 1.807) is 17.0 Å². The first-order chi connectivity index (χ1) is 17.3. The zero-order valence-electron chi connectivity index (χ0n) is 19.6. The molecule has 1 aromatic heterocycles. The van der Waals surface area contributed by atoms with E-state index in [0.717, 1.165) is 37.3 Å². The highest BCUT2D eigenvalue weighted by molar-refractivity contribution is 7.92. The van der Waals surface area contributed by atoms with Crippen LogP contribution in [0.2, 0.25) is 0 Å². The van der Waals surface area contributed by atoms with Crippen molar-refractivity contribution >= 4 is 54.6 Å². The maximum absolute atomic E-state index is 13.3. The van der Waals surface area contributed by atoms with Crippen molar-refractivity contribution in [3.8, 4) is 0 Å². The van der Waals surface area contributed by atoms with Gasteiger partial charge in [0, 0.05) is 54.0 Å². The second-order valence-electron chi connectivity index (χ2n) is 9.00. The topological polar surface area (TPSA) is 129 Å². The van der Waals surface area contributed by atoms with Gasteiger partial charge in [-0.15, -0.1) is 0 Å². The lowest BCUT2D eigenvalue weighted by Crippen LogP contribution is -2.41. The minimum Gasteiger partial charge on any atom is -0.336 e. The number of hydrogen-bond donors (Lipinski definition) is 1. The van der Waals surface area contributed by atoms with E-state index in [9.17, 15) is 22.2 Å². The van der Waals surface area contributed by atoms with Crippen LogP contribution < -0.4 is 5.32 Å². The Kier molecular flexibility index (Phi) is 7.22. The van der Waals surface area contributed by atoms with E-state index < -0.39 is 26.5 Å². The number of thiazole rings is 1. The Morgan fingerprint density at radius 2 is 1.72 bits per heavy atom. The summed E-state index contributed by atoms with van der Waals surface area (Å²) in [6.07, 6.45) is 4.77. The number of aromatic nitrogens is 1. The molecule has 13 heteroatoms. The first-order valence-corrected chi connectivity index (χ1v) is 15.8. The van der Waals surface area contributed by atoms with Gasteiger partial charge in [-0.3, -0.25) is 24.1 Å². The quantitative estimate of drug-likeness (QED) is 0.521. The van der Waals surface area contributed by atoms with E-state index >= 15 is 0 Å². The van der Waals surface area contributed by atoms with E-state index in [-0.39, 0.29) is 26.9 Å². The molecule has 2 saturated heterocycles. The molecule has 192 valence electrons. The van der Waals surface area contributed by atoms with Gasteiger partial charge in [-0.1, -0.05) is 23.5 Å². The number of hydrazone groups is 1. The van der Waals surface area contributed by atoms with Gasteiger partial charge in [0.25, 0.3) is 11.8 Å². The molecular formula is C23H27N5O5S3. The number of hydrogen-bond acceptors (Lipinski definition) is 9. The molecule has 10 nitrogen and oxygen atoms in total. The molecule has 3 aliphatic rings. The third kappa shape index (κ3) is 5.52. The van der Waals surface area contributed by atoms with Gasteiger partial charge >= 0.3 is 0 Å². The molecule has 2 amide bonds. The SMILES string of the molecule is O=C(Nc1ncc(C(=O)N2CCS(=O)CC2)s1)C(=NN1CCCC1)c1ccc(S(=O)(=O)C2CC2)cc1. The predicted octanol–water partition coefficient (Wildman–Crippen LogP) is 1.72. The second-order valence-corrected chi connectivity index (χ2v) is 14.0. The third-order valence-corrected chi connectivity index (χ3v) is 10.8. The molecule has 0 atom stereocenters. The highest BCUT2D eigenvalue weighted by Crippen LogP contribution is 2.33. The molecule has 1 aliphatic carbocycles. The summed E-state index contributed by atoms with van der Waals surface area (Å²) in [7, 11) is -4.21. The number of carbonyl (C=O) groups is 2. The van der Waals surface area contributed by atoms with Gasteiger partial charge in [-0.25, -0.2) is 13.4 Å². The molecule has 3 heterocycles. The molecule has 1 aromatic carbocycles. The number of anilines is 1. The lowest BCUT2D eigenvalue weighted by Gasteiger charge is -2.25. The number of sulfone groups is 1. The van der Waals surface area contributed by atoms with E-state index in [0.29, 0.717) is 47.9 Å². The van der Waals surface area contributed by atoms with Gasteiger partial charge in [-0.05, 0) is 37.8 Å². The Morgan fingerprint density at radius 1 is 1.06 bits per heavy atom. The summed E-state index contributed by atoms with van der Waals surface area (Å²) in [6, 6.07) is 6.28. The Bertz CT molecular complexity index is 1300. The van der Waals surface area contributed by atoms with Crippen LogP contribution in [0.1, 0.15) is 40.9 Å². The van der Waals surface area contributed by atoms with Gasteiger partial charge < -0.3 is 4.90 Å². The first-order valence-electron chi connectivity index (χ1n) is 11.9. The Morgan fingerprint density at radius 3 is 2.36 bits per heavy atom.